The SMILES string of the molecule is Cc1cccc(Cn2c(=O)c(CN)cc3ccccc32)c1. The van der Waals surface area contributed by atoms with Gasteiger partial charge in [0, 0.05) is 12.1 Å². The van der Waals surface area contributed by atoms with E-state index in [1.807, 2.05) is 47.0 Å². The van der Waals surface area contributed by atoms with Crippen LogP contribution < -0.4 is 11.3 Å². The molecule has 106 valence electrons. The van der Waals surface area contributed by atoms with Crippen molar-refractivity contribution in [3.63, 3.8) is 0 Å². The lowest BCUT2D eigenvalue weighted by atomic mass is 10.1. The van der Waals surface area contributed by atoms with Crippen LogP contribution in [0.2, 0.25) is 0 Å². The molecule has 0 atom stereocenters. The number of hydrogen-bond acceptors (Lipinski definition) is 2. The molecule has 3 heteroatoms. The molecule has 0 aliphatic heterocycles. The summed E-state index contributed by atoms with van der Waals surface area (Å²) in [6, 6.07) is 18.0. The van der Waals surface area contributed by atoms with Gasteiger partial charge in [0.05, 0.1) is 12.1 Å². The van der Waals surface area contributed by atoms with E-state index < -0.39 is 0 Å². The van der Waals surface area contributed by atoms with Crippen LogP contribution in [-0.4, -0.2) is 4.57 Å². The summed E-state index contributed by atoms with van der Waals surface area (Å²) < 4.78 is 1.81. The van der Waals surface area contributed by atoms with Crippen molar-refractivity contribution >= 4 is 10.9 Å². The number of nitrogens with zero attached hydrogens (tertiary/aromatic N) is 1. The molecule has 1 heterocycles. The Bertz CT molecular complexity index is 849. The minimum atomic E-state index is -0.00212. The largest absolute Gasteiger partial charge is 0.326 e. The maximum absolute atomic E-state index is 12.6. The van der Waals surface area contributed by atoms with E-state index >= 15 is 0 Å². The van der Waals surface area contributed by atoms with Gasteiger partial charge in [-0.1, -0.05) is 48.0 Å². The van der Waals surface area contributed by atoms with E-state index in [1.54, 1.807) is 0 Å². The Hall–Kier alpha value is -2.39. The summed E-state index contributed by atoms with van der Waals surface area (Å²) in [4.78, 5) is 12.6. The topological polar surface area (TPSA) is 48.0 Å². The molecule has 0 aliphatic rings. The van der Waals surface area contributed by atoms with Gasteiger partial charge in [0.2, 0.25) is 0 Å². The van der Waals surface area contributed by atoms with Gasteiger partial charge in [-0.25, -0.2) is 0 Å². The normalized spacial score (nSPS) is 11.0. The maximum Gasteiger partial charge on any atom is 0.255 e. The quantitative estimate of drug-likeness (QED) is 0.801. The molecule has 0 amide bonds. The van der Waals surface area contributed by atoms with Crippen molar-refractivity contribution < 1.29 is 0 Å². The highest BCUT2D eigenvalue weighted by Gasteiger charge is 2.08. The van der Waals surface area contributed by atoms with E-state index in [-0.39, 0.29) is 12.1 Å². The third kappa shape index (κ3) is 2.60. The molecule has 0 aliphatic carbocycles. The Balaban J connectivity index is 2.20. The summed E-state index contributed by atoms with van der Waals surface area (Å²) in [5.41, 5.74) is 9.63. The Morgan fingerprint density at radius 3 is 2.62 bits per heavy atom. The summed E-state index contributed by atoms with van der Waals surface area (Å²) in [7, 11) is 0. The third-order valence-electron chi connectivity index (χ3n) is 3.72. The molecular weight excluding hydrogens is 260 g/mol. The van der Waals surface area contributed by atoms with E-state index in [9.17, 15) is 4.79 Å². The highest BCUT2D eigenvalue weighted by Crippen LogP contribution is 2.15. The number of hydrogen-bond donors (Lipinski definition) is 1. The van der Waals surface area contributed by atoms with Gasteiger partial charge in [0.25, 0.3) is 5.56 Å². The van der Waals surface area contributed by atoms with Crippen LogP contribution in [0.25, 0.3) is 10.9 Å². The molecule has 0 unspecified atom stereocenters. The molecule has 2 N–H and O–H groups in total. The zero-order chi connectivity index (χ0) is 14.8. The van der Waals surface area contributed by atoms with E-state index in [0.717, 1.165) is 16.5 Å². The van der Waals surface area contributed by atoms with Crippen LogP contribution in [-0.2, 0) is 13.1 Å². The lowest BCUT2D eigenvalue weighted by Gasteiger charge is -2.13. The maximum atomic E-state index is 12.6. The van der Waals surface area contributed by atoms with Crippen LogP contribution in [0.3, 0.4) is 0 Å². The second kappa shape index (κ2) is 5.54. The van der Waals surface area contributed by atoms with Gasteiger partial charge >= 0.3 is 0 Å². The van der Waals surface area contributed by atoms with E-state index in [0.29, 0.717) is 12.1 Å². The standard InChI is InChI=1S/C18H18N2O/c1-13-5-4-6-14(9-13)12-20-17-8-3-2-7-15(17)10-16(11-19)18(20)21/h2-10H,11-12,19H2,1H3. The molecule has 0 saturated heterocycles. The van der Waals surface area contributed by atoms with Crippen molar-refractivity contribution in [1.82, 2.24) is 4.57 Å². The first-order valence-electron chi connectivity index (χ1n) is 7.06. The van der Waals surface area contributed by atoms with Gasteiger partial charge in [-0.2, -0.15) is 0 Å². The zero-order valence-corrected chi connectivity index (χ0v) is 12.0. The average molecular weight is 278 g/mol. The molecule has 2 aromatic carbocycles. The molecule has 21 heavy (non-hydrogen) atoms. The fraction of sp³-hybridized carbons (Fsp3) is 0.167. The Kier molecular flexibility index (Phi) is 3.59. The first-order valence-corrected chi connectivity index (χ1v) is 7.06. The predicted octanol–water partition coefficient (Wildman–Crippen LogP) is 2.82. The zero-order valence-electron chi connectivity index (χ0n) is 12.0. The fourth-order valence-corrected chi connectivity index (χ4v) is 2.68. The molecule has 3 rings (SSSR count). The summed E-state index contributed by atoms with van der Waals surface area (Å²) in [6.45, 7) is 2.88. The number of pyridine rings is 1. The fourth-order valence-electron chi connectivity index (χ4n) is 2.68. The molecule has 0 fully saturated rings. The lowest BCUT2D eigenvalue weighted by molar-refractivity contribution is 0.777. The number of para-hydroxylation sites is 1. The second-order valence-corrected chi connectivity index (χ2v) is 5.31. The van der Waals surface area contributed by atoms with Gasteiger partial charge in [-0.3, -0.25) is 4.79 Å². The van der Waals surface area contributed by atoms with Crippen molar-refractivity contribution in [3.05, 3.63) is 81.6 Å². The smallest absolute Gasteiger partial charge is 0.255 e. The Morgan fingerprint density at radius 2 is 1.86 bits per heavy atom. The molecule has 1 aromatic heterocycles. The third-order valence-corrected chi connectivity index (χ3v) is 3.72. The van der Waals surface area contributed by atoms with Crippen LogP contribution in [0.5, 0.6) is 0 Å². The summed E-state index contributed by atoms with van der Waals surface area (Å²) in [5, 5.41) is 1.05. The number of fused-ring (bicyclic) bond motifs is 1. The first kappa shape index (κ1) is 13.6. The molecule has 3 nitrogen and oxygen atoms in total. The lowest BCUT2D eigenvalue weighted by Crippen LogP contribution is -2.26. The van der Waals surface area contributed by atoms with Crippen LogP contribution in [0.1, 0.15) is 16.7 Å². The van der Waals surface area contributed by atoms with Gasteiger partial charge in [-0.05, 0) is 30.0 Å². The van der Waals surface area contributed by atoms with E-state index in [4.69, 9.17) is 5.73 Å². The van der Waals surface area contributed by atoms with Crippen molar-refractivity contribution in [2.75, 3.05) is 0 Å². The summed E-state index contributed by atoms with van der Waals surface area (Å²) in [5.74, 6) is 0. The molecular formula is C18H18N2O. The molecule has 3 aromatic rings. The number of aryl methyl sites for hydroxylation is 1. The van der Waals surface area contributed by atoms with Crippen molar-refractivity contribution in [2.24, 2.45) is 5.73 Å². The van der Waals surface area contributed by atoms with Crippen molar-refractivity contribution in [2.45, 2.75) is 20.0 Å². The number of aromatic nitrogens is 1. The van der Waals surface area contributed by atoms with Crippen LogP contribution in [0.15, 0.2) is 59.4 Å². The molecule has 0 spiro atoms. The predicted molar refractivity (Wildman–Crippen MR) is 86.4 cm³/mol. The number of benzene rings is 2. The van der Waals surface area contributed by atoms with Gasteiger partial charge in [-0.15, -0.1) is 0 Å². The van der Waals surface area contributed by atoms with Gasteiger partial charge < -0.3 is 10.3 Å². The van der Waals surface area contributed by atoms with Crippen LogP contribution in [0.4, 0.5) is 0 Å². The number of nitrogens with two attached hydrogens (primary N) is 1. The van der Waals surface area contributed by atoms with Crippen molar-refractivity contribution in [3.8, 4) is 0 Å². The molecule has 0 saturated carbocycles. The minimum Gasteiger partial charge on any atom is -0.326 e. The monoisotopic (exact) mass is 278 g/mol. The number of rotatable bonds is 3. The van der Waals surface area contributed by atoms with Gasteiger partial charge in [0.15, 0.2) is 0 Å². The average Bonchev–Trinajstić information content (AvgIpc) is 2.50. The van der Waals surface area contributed by atoms with E-state index in [1.165, 1.54) is 5.56 Å². The Labute approximate surface area is 123 Å². The Morgan fingerprint density at radius 1 is 1.05 bits per heavy atom. The van der Waals surface area contributed by atoms with Crippen LogP contribution >= 0.6 is 0 Å². The second-order valence-electron chi connectivity index (χ2n) is 5.31. The van der Waals surface area contributed by atoms with Crippen molar-refractivity contribution in [1.29, 1.82) is 0 Å². The summed E-state index contributed by atoms with van der Waals surface area (Å²) >= 11 is 0. The first-order chi connectivity index (χ1) is 10.2. The molecule has 0 radical (unpaired) electrons. The highest BCUT2D eigenvalue weighted by molar-refractivity contribution is 5.79. The highest BCUT2D eigenvalue weighted by atomic mass is 16.1. The van der Waals surface area contributed by atoms with E-state index in [2.05, 4.69) is 19.1 Å². The summed E-state index contributed by atoms with van der Waals surface area (Å²) in [6.07, 6.45) is 0. The minimum absolute atomic E-state index is 0.00212. The molecule has 0 bridgehead atoms. The van der Waals surface area contributed by atoms with Gasteiger partial charge in [0.1, 0.15) is 0 Å². The van der Waals surface area contributed by atoms with Crippen LogP contribution in [0, 0.1) is 6.92 Å².